The molecule has 1 fully saturated rings. The molecule has 2 heterocycles. The highest BCUT2D eigenvalue weighted by atomic mass is 19.1. The second kappa shape index (κ2) is 5.65. The molecule has 0 aliphatic carbocycles. The number of nitrogens with one attached hydrogen (secondary N) is 2. The molecule has 1 saturated heterocycles. The molecular formula is C15H17FN4O. The van der Waals surface area contributed by atoms with E-state index in [-0.39, 0.29) is 17.8 Å². The summed E-state index contributed by atoms with van der Waals surface area (Å²) in [5.41, 5.74) is 2.04. The Kier molecular flexibility index (Phi) is 3.70. The molecule has 21 heavy (non-hydrogen) atoms. The predicted octanol–water partition coefficient (Wildman–Crippen LogP) is 1.64. The summed E-state index contributed by atoms with van der Waals surface area (Å²) < 4.78 is 13.4. The van der Waals surface area contributed by atoms with E-state index >= 15 is 0 Å². The Morgan fingerprint density at radius 1 is 1.43 bits per heavy atom. The van der Waals surface area contributed by atoms with Gasteiger partial charge in [-0.15, -0.1) is 0 Å². The predicted molar refractivity (Wildman–Crippen MR) is 76.4 cm³/mol. The first-order valence-corrected chi connectivity index (χ1v) is 6.94. The van der Waals surface area contributed by atoms with Gasteiger partial charge >= 0.3 is 0 Å². The van der Waals surface area contributed by atoms with Crippen LogP contribution in [0.15, 0.2) is 30.3 Å². The Balaban J connectivity index is 1.89. The van der Waals surface area contributed by atoms with Crippen LogP contribution in [0.3, 0.4) is 0 Å². The minimum Gasteiger partial charge on any atom is -0.328 e. The van der Waals surface area contributed by atoms with Crippen LogP contribution in [0.5, 0.6) is 0 Å². The van der Waals surface area contributed by atoms with E-state index in [2.05, 4.69) is 15.5 Å². The Labute approximate surface area is 122 Å². The van der Waals surface area contributed by atoms with Gasteiger partial charge in [-0.1, -0.05) is 12.1 Å². The molecule has 1 unspecified atom stereocenters. The fourth-order valence-corrected chi connectivity index (χ4v) is 2.63. The molecule has 2 aromatic rings. The third-order valence-corrected chi connectivity index (χ3v) is 3.66. The van der Waals surface area contributed by atoms with Crippen LogP contribution < -0.4 is 5.32 Å². The second-order valence-corrected chi connectivity index (χ2v) is 5.21. The van der Waals surface area contributed by atoms with Gasteiger partial charge in [0.2, 0.25) is 0 Å². The number of hydrogen-bond acceptors (Lipinski definition) is 3. The van der Waals surface area contributed by atoms with Gasteiger partial charge in [-0.05, 0) is 30.7 Å². The van der Waals surface area contributed by atoms with Crippen LogP contribution in [0.25, 0.3) is 0 Å². The van der Waals surface area contributed by atoms with Crippen molar-refractivity contribution in [3.05, 3.63) is 53.1 Å². The van der Waals surface area contributed by atoms with Crippen molar-refractivity contribution >= 4 is 5.91 Å². The minimum absolute atomic E-state index is 0.130. The lowest BCUT2D eigenvalue weighted by Crippen LogP contribution is -2.48. The molecule has 1 aliphatic rings. The number of carbonyl (C=O) groups excluding carboxylic acids is 1. The third-order valence-electron chi connectivity index (χ3n) is 3.66. The van der Waals surface area contributed by atoms with Gasteiger partial charge in [0, 0.05) is 25.3 Å². The average Bonchev–Trinajstić information content (AvgIpc) is 2.93. The zero-order chi connectivity index (χ0) is 14.8. The first-order chi connectivity index (χ1) is 10.1. The van der Waals surface area contributed by atoms with Crippen molar-refractivity contribution in [2.75, 3.05) is 19.6 Å². The van der Waals surface area contributed by atoms with Crippen LogP contribution in [0.4, 0.5) is 4.39 Å². The summed E-state index contributed by atoms with van der Waals surface area (Å²) in [7, 11) is 0. The number of aromatic nitrogens is 2. The summed E-state index contributed by atoms with van der Waals surface area (Å²) in [6.07, 6.45) is 0. The lowest BCUT2D eigenvalue weighted by Gasteiger charge is -2.36. The molecule has 110 valence electrons. The molecule has 0 spiro atoms. The standard InChI is InChI=1S/C15H17FN4O/c1-10-7-13(19-18-10)15(21)20-6-5-17-9-14(20)11-3-2-4-12(16)8-11/h2-4,7-8,14,17H,5-6,9H2,1H3,(H,18,19). The summed E-state index contributed by atoms with van der Waals surface area (Å²) in [5.74, 6) is -0.420. The topological polar surface area (TPSA) is 61.0 Å². The van der Waals surface area contributed by atoms with Crippen molar-refractivity contribution < 1.29 is 9.18 Å². The van der Waals surface area contributed by atoms with Crippen molar-refractivity contribution in [1.82, 2.24) is 20.4 Å². The molecule has 1 aliphatic heterocycles. The highest BCUT2D eigenvalue weighted by molar-refractivity contribution is 5.92. The number of hydrogen-bond donors (Lipinski definition) is 2. The Morgan fingerprint density at radius 2 is 2.29 bits per heavy atom. The van der Waals surface area contributed by atoms with Gasteiger partial charge in [0.05, 0.1) is 6.04 Å². The Morgan fingerprint density at radius 3 is 3.00 bits per heavy atom. The number of rotatable bonds is 2. The van der Waals surface area contributed by atoms with Gasteiger partial charge in [0.1, 0.15) is 11.5 Å². The fourth-order valence-electron chi connectivity index (χ4n) is 2.63. The van der Waals surface area contributed by atoms with Gasteiger partial charge in [-0.25, -0.2) is 4.39 Å². The maximum absolute atomic E-state index is 13.4. The van der Waals surface area contributed by atoms with Crippen LogP contribution in [-0.4, -0.2) is 40.6 Å². The van der Waals surface area contributed by atoms with Crippen LogP contribution >= 0.6 is 0 Å². The molecule has 0 saturated carbocycles. The molecule has 3 rings (SSSR count). The van der Waals surface area contributed by atoms with E-state index in [1.165, 1.54) is 12.1 Å². The van der Waals surface area contributed by atoms with Crippen LogP contribution in [0.1, 0.15) is 27.8 Å². The van der Waals surface area contributed by atoms with Gasteiger partial charge < -0.3 is 10.2 Å². The highest BCUT2D eigenvalue weighted by Crippen LogP contribution is 2.24. The average molecular weight is 288 g/mol. The molecule has 0 bridgehead atoms. The largest absolute Gasteiger partial charge is 0.328 e. The molecule has 1 aromatic carbocycles. The van der Waals surface area contributed by atoms with E-state index < -0.39 is 0 Å². The maximum Gasteiger partial charge on any atom is 0.274 e. The van der Waals surface area contributed by atoms with E-state index in [9.17, 15) is 9.18 Å². The number of carbonyl (C=O) groups is 1. The molecule has 6 heteroatoms. The summed E-state index contributed by atoms with van der Waals surface area (Å²) in [5, 5.41) is 10.1. The fraction of sp³-hybridized carbons (Fsp3) is 0.333. The summed E-state index contributed by atoms with van der Waals surface area (Å²) in [4.78, 5) is 14.4. The number of H-pyrrole nitrogens is 1. The lowest BCUT2D eigenvalue weighted by molar-refractivity contribution is 0.0628. The van der Waals surface area contributed by atoms with E-state index in [0.717, 1.165) is 17.8 Å². The SMILES string of the molecule is Cc1cc(C(=O)N2CCNCC2c2cccc(F)c2)n[nH]1. The second-order valence-electron chi connectivity index (χ2n) is 5.21. The molecule has 1 aromatic heterocycles. The first kappa shape index (κ1) is 13.8. The molecule has 1 atom stereocenters. The van der Waals surface area contributed by atoms with Crippen molar-refractivity contribution in [3.8, 4) is 0 Å². The Hall–Kier alpha value is -2.21. The number of halogens is 1. The van der Waals surface area contributed by atoms with Crippen molar-refractivity contribution in [2.45, 2.75) is 13.0 Å². The molecule has 2 N–H and O–H groups in total. The summed E-state index contributed by atoms with van der Waals surface area (Å²) in [6, 6.07) is 7.94. The number of benzene rings is 1. The van der Waals surface area contributed by atoms with E-state index in [1.807, 2.05) is 13.0 Å². The van der Waals surface area contributed by atoms with E-state index in [4.69, 9.17) is 0 Å². The molecular weight excluding hydrogens is 271 g/mol. The quantitative estimate of drug-likeness (QED) is 0.883. The number of aryl methyl sites for hydroxylation is 1. The lowest BCUT2D eigenvalue weighted by atomic mass is 10.0. The van der Waals surface area contributed by atoms with Crippen LogP contribution in [-0.2, 0) is 0 Å². The van der Waals surface area contributed by atoms with Gasteiger partial charge in [0.25, 0.3) is 5.91 Å². The smallest absolute Gasteiger partial charge is 0.274 e. The van der Waals surface area contributed by atoms with Crippen molar-refractivity contribution in [1.29, 1.82) is 0 Å². The van der Waals surface area contributed by atoms with Gasteiger partial charge in [-0.2, -0.15) is 5.10 Å². The zero-order valence-electron chi connectivity index (χ0n) is 11.8. The van der Waals surface area contributed by atoms with Crippen LogP contribution in [0, 0.1) is 12.7 Å². The monoisotopic (exact) mass is 288 g/mol. The number of amides is 1. The van der Waals surface area contributed by atoms with E-state index in [0.29, 0.717) is 18.8 Å². The van der Waals surface area contributed by atoms with E-state index in [1.54, 1.807) is 17.0 Å². The normalized spacial score (nSPS) is 18.8. The number of aromatic amines is 1. The molecule has 1 amide bonds. The minimum atomic E-state index is -0.291. The highest BCUT2D eigenvalue weighted by Gasteiger charge is 2.29. The zero-order valence-corrected chi connectivity index (χ0v) is 11.8. The molecule has 5 nitrogen and oxygen atoms in total. The third kappa shape index (κ3) is 2.80. The van der Waals surface area contributed by atoms with Crippen molar-refractivity contribution in [3.63, 3.8) is 0 Å². The van der Waals surface area contributed by atoms with Gasteiger partial charge in [-0.3, -0.25) is 9.89 Å². The maximum atomic E-state index is 13.4. The Bertz CT molecular complexity index is 655. The molecule has 0 radical (unpaired) electrons. The first-order valence-electron chi connectivity index (χ1n) is 6.94. The summed E-state index contributed by atoms with van der Waals surface area (Å²) in [6.45, 7) is 3.76. The number of nitrogens with zero attached hydrogens (tertiary/aromatic N) is 2. The number of piperazine rings is 1. The summed E-state index contributed by atoms with van der Waals surface area (Å²) >= 11 is 0. The van der Waals surface area contributed by atoms with Gasteiger partial charge in [0.15, 0.2) is 0 Å². The van der Waals surface area contributed by atoms with Crippen molar-refractivity contribution in [2.24, 2.45) is 0 Å². The van der Waals surface area contributed by atoms with Crippen LogP contribution in [0.2, 0.25) is 0 Å².